The van der Waals surface area contributed by atoms with Crippen LogP contribution in [0.2, 0.25) is 15.1 Å². The highest BCUT2D eigenvalue weighted by Crippen LogP contribution is 2.39. The Bertz CT molecular complexity index is 1530. The third kappa shape index (κ3) is 5.55. The van der Waals surface area contributed by atoms with E-state index in [1.165, 1.54) is 24.3 Å². The predicted octanol–water partition coefficient (Wildman–Crippen LogP) is 5.63. The van der Waals surface area contributed by atoms with Crippen LogP contribution < -0.4 is 14.9 Å². The number of anilines is 2. The first-order valence-corrected chi connectivity index (χ1v) is 13.6. The standard InChI is InChI=1S/C25H21Cl3FN3O4S/c1-13-8-23(14(2)7-18(13)27)37(35,36)32-21-10-17(29)5-6-20(21)31-25(34)22(32)11-24(33)30-12-15-3-4-16(26)9-19(15)28/h3-10,22H,11-12H2,1-2H3,(H,30,33)(H,31,34). The van der Waals surface area contributed by atoms with E-state index >= 15 is 0 Å². The molecule has 1 atom stereocenters. The van der Waals surface area contributed by atoms with Gasteiger partial charge in [-0.2, -0.15) is 0 Å². The second-order valence-electron chi connectivity index (χ2n) is 8.55. The van der Waals surface area contributed by atoms with Crippen LogP contribution >= 0.6 is 34.8 Å². The fourth-order valence-electron chi connectivity index (χ4n) is 4.00. The number of amides is 2. The normalized spacial score (nSPS) is 15.2. The molecule has 0 saturated heterocycles. The number of fused-ring (bicyclic) bond motifs is 1. The Kier molecular flexibility index (Phi) is 7.71. The van der Waals surface area contributed by atoms with Crippen molar-refractivity contribution in [3.63, 3.8) is 0 Å². The van der Waals surface area contributed by atoms with E-state index in [1.807, 2.05) is 0 Å². The molecule has 1 aliphatic rings. The van der Waals surface area contributed by atoms with Gasteiger partial charge < -0.3 is 10.6 Å². The molecule has 2 N–H and O–H groups in total. The molecule has 37 heavy (non-hydrogen) atoms. The molecule has 0 radical (unpaired) electrons. The van der Waals surface area contributed by atoms with Crippen LogP contribution in [0.1, 0.15) is 23.1 Å². The zero-order chi connectivity index (χ0) is 27.1. The van der Waals surface area contributed by atoms with E-state index < -0.39 is 40.1 Å². The summed E-state index contributed by atoms with van der Waals surface area (Å²) >= 11 is 18.2. The van der Waals surface area contributed by atoms with Crippen molar-refractivity contribution in [2.24, 2.45) is 0 Å². The summed E-state index contributed by atoms with van der Waals surface area (Å²) < 4.78 is 43.0. The Morgan fingerprint density at radius 1 is 1.03 bits per heavy atom. The van der Waals surface area contributed by atoms with Crippen LogP contribution in [0.5, 0.6) is 0 Å². The zero-order valence-corrected chi connectivity index (χ0v) is 22.7. The molecular formula is C25H21Cl3FN3O4S. The number of nitrogens with one attached hydrogen (secondary N) is 2. The Balaban J connectivity index is 1.72. The number of rotatable bonds is 6. The van der Waals surface area contributed by atoms with Gasteiger partial charge in [0.2, 0.25) is 11.8 Å². The van der Waals surface area contributed by atoms with Crippen molar-refractivity contribution in [3.05, 3.63) is 86.1 Å². The summed E-state index contributed by atoms with van der Waals surface area (Å²) in [4.78, 5) is 25.9. The van der Waals surface area contributed by atoms with Gasteiger partial charge in [-0.05, 0) is 66.9 Å². The number of hydrogen-bond donors (Lipinski definition) is 2. The molecular weight excluding hydrogens is 564 g/mol. The second kappa shape index (κ2) is 10.5. The van der Waals surface area contributed by atoms with Gasteiger partial charge in [-0.1, -0.05) is 40.9 Å². The monoisotopic (exact) mass is 583 g/mol. The van der Waals surface area contributed by atoms with Crippen molar-refractivity contribution in [2.75, 3.05) is 9.62 Å². The smallest absolute Gasteiger partial charge is 0.265 e. The molecule has 1 heterocycles. The summed E-state index contributed by atoms with van der Waals surface area (Å²) in [6, 6.07) is 9.54. The lowest BCUT2D eigenvalue weighted by molar-refractivity contribution is -0.125. The van der Waals surface area contributed by atoms with E-state index in [9.17, 15) is 22.4 Å². The van der Waals surface area contributed by atoms with Crippen molar-refractivity contribution in [1.82, 2.24) is 5.32 Å². The minimum absolute atomic E-state index is 0.0244. The number of benzene rings is 3. The van der Waals surface area contributed by atoms with Crippen molar-refractivity contribution < 1.29 is 22.4 Å². The van der Waals surface area contributed by atoms with Gasteiger partial charge in [-0.25, -0.2) is 12.8 Å². The van der Waals surface area contributed by atoms with E-state index in [2.05, 4.69) is 10.6 Å². The fraction of sp³-hybridized carbons (Fsp3) is 0.200. The third-order valence-electron chi connectivity index (χ3n) is 5.90. The fourth-order valence-corrected chi connectivity index (χ4v) is 6.61. The van der Waals surface area contributed by atoms with Crippen LogP contribution in [0.25, 0.3) is 0 Å². The first-order valence-electron chi connectivity index (χ1n) is 11.0. The van der Waals surface area contributed by atoms with Crippen LogP contribution in [0.3, 0.4) is 0 Å². The van der Waals surface area contributed by atoms with Crippen LogP contribution in [0.4, 0.5) is 15.8 Å². The molecule has 0 fully saturated rings. The molecule has 0 spiro atoms. The molecule has 3 aromatic rings. The maximum atomic E-state index is 14.3. The molecule has 1 unspecified atom stereocenters. The Morgan fingerprint density at radius 2 is 1.76 bits per heavy atom. The summed E-state index contributed by atoms with van der Waals surface area (Å²) in [6.45, 7) is 3.23. The predicted molar refractivity (Wildman–Crippen MR) is 142 cm³/mol. The topological polar surface area (TPSA) is 95.6 Å². The molecule has 2 amide bonds. The number of carbonyl (C=O) groups is 2. The quantitative estimate of drug-likeness (QED) is 0.393. The number of hydrogen-bond acceptors (Lipinski definition) is 4. The minimum atomic E-state index is -4.44. The number of aryl methyl sites for hydroxylation is 2. The summed E-state index contributed by atoms with van der Waals surface area (Å²) in [5.41, 5.74) is 1.42. The van der Waals surface area contributed by atoms with Crippen LogP contribution in [-0.4, -0.2) is 26.3 Å². The van der Waals surface area contributed by atoms with E-state index in [4.69, 9.17) is 34.8 Å². The van der Waals surface area contributed by atoms with Crippen LogP contribution in [0, 0.1) is 19.7 Å². The number of nitrogens with zero attached hydrogens (tertiary/aromatic N) is 1. The Labute approximate surface area is 228 Å². The van der Waals surface area contributed by atoms with Gasteiger partial charge in [-0.3, -0.25) is 13.9 Å². The van der Waals surface area contributed by atoms with Gasteiger partial charge in [0.1, 0.15) is 11.9 Å². The Morgan fingerprint density at radius 3 is 2.46 bits per heavy atom. The molecule has 7 nitrogen and oxygen atoms in total. The summed E-state index contributed by atoms with van der Waals surface area (Å²) in [5, 5.41) is 6.35. The van der Waals surface area contributed by atoms with Crippen molar-refractivity contribution in [1.29, 1.82) is 0 Å². The maximum Gasteiger partial charge on any atom is 0.265 e. The number of carbonyl (C=O) groups excluding carboxylic acids is 2. The van der Waals surface area contributed by atoms with Gasteiger partial charge in [0, 0.05) is 27.7 Å². The van der Waals surface area contributed by atoms with E-state index in [0.717, 1.165) is 16.4 Å². The van der Waals surface area contributed by atoms with Crippen molar-refractivity contribution in [2.45, 2.75) is 37.8 Å². The van der Waals surface area contributed by atoms with Crippen molar-refractivity contribution >= 4 is 68.0 Å². The third-order valence-corrected chi connectivity index (χ3v) is 8.86. The molecule has 4 rings (SSSR count). The Hall–Kier alpha value is -2.85. The lowest BCUT2D eigenvalue weighted by atomic mass is 10.1. The second-order valence-corrected chi connectivity index (χ2v) is 11.6. The highest BCUT2D eigenvalue weighted by Gasteiger charge is 2.43. The van der Waals surface area contributed by atoms with Crippen molar-refractivity contribution in [3.8, 4) is 0 Å². The summed E-state index contributed by atoms with van der Waals surface area (Å²) in [7, 11) is -4.44. The van der Waals surface area contributed by atoms with Gasteiger partial charge in [-0.15, -0.1) is 0 Å². The van der Waals surface area contributed by atoms with Gasteiger partial charge >= 0.3 is 0 Å². The highest BCUT2D eigenvalue weighted by molar-refractivity contribution is 7.93. The maximum absolute atomic E-state index is 14.3. The largest absolute Gasteiger partial charge is 0.352 e. The first-order chi connectivity index (χ1) is 17.4. The average molecular weight is 585 g/mol. The van der Waals surface area contributed by atoms with Gasteiger partial charge in [0.05, 0.1) is 22.7 Å². The highest BCUT2D eigenvalue weighted by atomic mass is 35.5. The molecule has 0 saturated carbocycles. The van der Waals surface area contributed by atoms with Gasteiger partial charge in [0.25, 0.3) is 10.0 Å². The molecule has 194 valence electrons. The number of halogens is 4. The summed E-state index contributed by atoms with van der Waals surface area (Å²) in [6.07, 6.45) is -0.530. The molecule has 12 heteroatoms. The number of sulfonamides is 1. The zero-order valence-electron chi connectivity index (χ0n) is 19.6. The van der Waals surface area contributed by atoms with E-state index in [1.54, 1.807) is 26.0 Å². The first kappa shape index (κ1) is 27.2. The molecule has 0 aliphatic carbocycles. The molecule has 0 bridgehead atoms. The minimum Gasteiger partial charge on any atom is -0.352 e. The van der Waals surface area contributed by atoms with Gasteiger partial charge in [0.15, 0.2) is 0 Å². The SMILES string of the molecule is Cc1cc(S(=O)(=O)N2c3cc(F)ccc3NC(=O)C2CC(=O)NCc2ccc(Cl)cc2Cl)c(C)cc1Cl. The average Bonchev–Trinajstić information content (AvgIpc) is 2.81. The lowest BCUT2D eigenvalue weighted by Gasteiger charge is -2.37. The molecule has 1 aliphatic heterocycles. The van der Waals surface area contributed by atoms with E-state index in [-0.39, 0.29) is 22.8 Å². The van der Waals surface area contributed by atoms with Crippen LogP contribution in [-0.2, 0) is 26.2 Å². The van der Waals surface area contributed by atoms with E-state index in [0.29, 0.717) is 31.8 Å². The van der Waals surface area contributed by atoms with Crippen LogP contribution in [0.15, 0.2) is 53.4 Å². The molecule has 3 aromatic carbocycles. The molecule has 0 aromatic heterocycles. The summed E-state index contributed by atoms with van der Waals surface area (Å²) in [5.74, 6) is -2.05. The lowest BCUT2D eigenvalue weighted by Crippen LogP contribution is -2.52.